The van der Waals surface area contributed by atoms with Crippen LogP contribution in [0.1, 0.15) is 39.0 Å². The lowest BCUT2D eigenvalue weighted by atomic mass is 9.85. The van der Waals surface area contributed by atoms with E-state index < -0.39 is 23.6 Å². The van der Waals surface area contributed by atoms with Crippen LogP contribution in [0.5, 0.6) is 0 Å². The van der Waals surface area contributed by atoms with Gasteiger partial charge in [0.1, 0.15) is 5.92 Å². The van der Waals surface area contributed by atoms with Crippen molar-refractivity contribution in [3.8, 4) is 0 Å². The molecular weight excluding hydrogens is 257 g/mol. The molecule has 1 atom stereocenters. The van der Waals surface area contributed by atoms with Gasteiger partial charge in [-0.25, -0.2) is 0 Å². The molecule has 0 spiro atoms. The molecule has 1 rings (SSSR count). The van der Waals surface area contributed by atoms with Gasteiger partial charge in [-0.15, -0.1) is 6.58 Å². The summed E-state index contributed by atoms with van der Waals surface area (Å²) in [5, 5.41) is 0. The molecule has 1 saturated carbocycles. The van der Waals surface area contributed by atoms with E-state index in [9.17, 15) is 18.0 Å². The number of alkyl halides is 3. The maximum atomic E-state index is 13.2. The van der Waals surface area contributed by atoms with E-state index in [4.69, 9.17) is 4.74 Å². The third kappa shape index (κ3) is 4.11. The Morgan fingerprint density at radius 1 is 1.37 bits per heavy atom. The zero-order chi connectivity index (χ0) is 14.5. The van der Waals surface area contributed by atoms with Gasteiger partial charge in [-0.3, -0.25) is 4.79 Å². The highest BCUT2D eigenvalue weighted by Crippen LogP contribution is 2.39. The summed E-state index contributed by atoms with van der Waals surface area (Å²) in [6.07, 6.45) is -0.270. The standard InChI is InChI=1S/C14H19F3O2/c1-3-11(13(18)19-4-2)12(14(15,16)17)10-8-6-5-7-9-10/h3,11H,1,4-9H2,2H3. The maximum Gasteiger partial charge on any atom is 0.413 e. The highest BCUT2D eigenvalue weighted by Gasteiger charge is 2.43. The molecule has 1 aliphatic rings. The van der Waals surface area contributed by atoms with Gasteiger partial charge in [0.25, 0.3) is 0 Å². The number of allylic oxidation sites excluding steroid dienone is 1. The van der Waals surface area contributed by atoms with E-state index in [-0.39, 0.29) is 6.61 Å². The third-order valence-corrected chi connectivity index (χ3v) is 3.23. The van der Waals surface area contributed by atoms with Crippen molar-refractivity contribution >= 4 is 5.97 Å². The fourth-order valence-corrected chi connectivity index (χ4v) is 2.41. The molecule has 0 N–H and O–H groups in total. The van der Waals surface area contributed by atoms with Crippen LogP contribution in [0.4, 0.5) is 13.2 Å². The predicted octanol–water partition coefficient (Wildman–Crippen LogP) is 4.17. The van der Waals surface area contributed by atoms with Crippen molar-refractivity contribution in [2.45, 2.75) is 45.2 Å². The van der Waals surface area contributed by atoms with Crippen LogP contribution < -0.4 is 0 Å². The third-order valence-electron chi connectivity index (χ3n) is 3.23. The maximum absolute atomic E-state index is 13.2. The topological polar surface area (TPSA) is 26.3 Å². The van der Waals surface area contributed by atoms with E-state index in [2.05, 4.69) is 6.58 Å². The van der Waals surface area contributed by atoms with Crippen LogP contribution in [-0.2, 0) is 9.53 Å². The van der Waals surface area contributed by atoms with Crippen LogP contribution in [0.25, 0.3) is 0 Å². The van der Waals surface area contributed by atoms with E-state index >= 15 is 0 Å². The molecule has 0 aromatic heterocycles. The first kappa shape index (κ1) is 15.8. The minimum absolute atomic E-state index is 0.0592. The van der Waals surface area contributed by atoms with Gasteiger partial charge < -0.3 is 4.74 Å². The van der Waals surface area contributed by atoms with Crippen molar-refractivity contribution < 1.29 is 22.7 Å². The summed E-state index contributed by atoms with van der Waals surface area (Å²) in [5.74, 6) is -2.28. The van der Waals surface area contributed by atoms with Crippen molar-refractivity contribution in [1.82, 2.24) is 0 Å². The summed E-state index contributed by atoms with van der Waals surface area (Å²) in [6, 6.07) is 0. The Balaban J connectivity index is 3.15. The van der Waals surface area contributed by atoms with E-state index in [0.29, 0.717) is 18.4 Å². The average molecular weight is 276 g/mol. The molecule has 19 heavy (non-hydrogen) atoms. The van der Waals surface area contributed by atoms with Gasteiger partial charge in [0.05, 0.1) is 12.2 Å². The Bertz CT molecular complexity index is 361. The van der Waals surface area contributed by atoms with Gasteiger partial charge >= 0.3 is 12.1 Å². The van der Waals surface area contributed by atoms with Crippen molar-refractivity contribution in [1.29, 1.82) is 0 Å². The Morgan fingerprint density at radius 2 is 1.95 bits per heavy atom. The van der Waals surface area contributed by atoms with Crippen molar-refractivity contribution in [2.75, 3.05) is 6.61 Å². The lowest BCUT2D eigenvalue weighted by Crippen LogP contribution is -2.28. The van der Waals surface area contributed by atoms with Crippen LogP contribution in [0.15, 0.2) is 23.8 Å². The van der Waals surface area contributed by atoms with E-state index in [1.165, 1.54) is 0 Å². The summed E-state index contributed by atoms with van der Waals surface area (Å²) < 4.78 is 44.4. The molecule has 1 unspecified atom stereocenters. The first-order valence-corrected chi connectivity index (χ1v) is 6.50. The molecule has 0 aromatic carbocycles. The second-order valence-corrected chi connectivity index (χ2v) is 4.54. The molecular formula is C14H19F3O2. The molecule has 1 fully saturated rings. The van der Waals surface area contributed by atoms with Gasteiger partial charge in [0.15, 0.2) is 0 Å². The minimum Gasteiger partial charge on any atom is -0.465 e. The molecule has 0 saturated heterocycles. The molecule has 0 aliphatic heterocycles. The van der Waals surface area contributed by atoms with E-state index in [1.807, 2.05) is 0 Å². The number of halogens is 3. The molecule has 5 heteroatoms. The van der Waals surface area contributed by atoms with Crippen molar-refractivity contribution in [3.05, 3.63) is 23.8 Å². The SMILES string of the molecule is C=CC(C(=O)OCC)C(=C1CCCCC1)C(F)(F)F. The van der Waals surface area contributed by atoms with Crippen LogP contribution in [0.2, 0.25) is 0 Å². The largest absolute Gasteiger partial charge is 0.465 e. The van der Waals surface area contributed by atoms with E-state index in [1.54, 1.807) is 6.92 Å². The summed E-state index contributed by atoms with van der Waals surface area (Å²) in [7, 11) is 0. The Hall–Kier alpha value is -1.26. The number of hydrogen-bond acceptors (Lipinski definition) is 2. The van der Waals surface area contributed by atoms with Crippen LogP contribution in [0, 0.1) is 5.92 Å². The Morgan fingerprint density at radius 3 is 2.37 bits per heavy atom. The number of carbonyl (C=O) groups excluding carboxylic acids is 1. The first-order chi connectivity index (χ1) is 8.91. The van der Waals surface area contributed by atoms with Gasteiger partial charge in [-0.05, 0) is 32.6 Å². The average Bonchev–Trinajstić information content (AvgIpc) is 2.35. The van der Waals surface area contributed by atoms with Gasteiger partial charge in [0.2, 0.25) is 0 Å². The summed E-state index contributed by atoms with van der Waals surface area (Å²) >= 11 is 0. The second kappa shape index (κ2) is 6.78. The van der Waals surface area contributed by atoms with E-state index in [0.717, 1.165) is 25.3 Å². The summed E-state index contributed by atoms with van der Waals surface area (Å²) in [6.45, 7) is 4.99. The normalized spacial score (nSPS) is 17.8. The smallest absolute Gasteiger partial charge is 0.413 e. The highest BCUT2D eigenvalue weighted by atomic mass is 19.4. The van der Waals surface area contributed by atoms with Gasteiger partial charge in [0, 0.05) is 0 Å². The Labute approximate surface area is 111 Å². The zero-order valence-electron chi connectivity index (χ0n) is 11.1. The highest BCUT2D eigenvalue weighted by molar-refractivity contribution is 5.78. The minimum atomic E-state index is -4.52. The number of esters is 1. The van der Waals surface area contributed by atoms with Crippen molar-refractivity contribution in [3.63, 3.8) is 0 Å². The molecule has 0 aromatic rings. The first-order valence-electron chi connectivity index (χ1n) is 6.50. The summed E-state index contributed by atoms with van der Waals surface area (Å²) in [5.41, 5.74) is -0.433. The number of rotatable bonds is 4. The molecule has 2 nitrogen and oxygen atoms in total. The predicted molar refractivity (Wildman–Crippen MR) is 66.5 cm³/mol. The molecule has 1 aliphatic carbocycles. The number of ether oxygens (including phenoxy) is 1. The van der Waals surface area contributed by atoms with Crippen LogP contribution in [0.3, 0.4) is 0 Å². The fraction of sp³-hybridized carbons (Fsp3) is 0.643. The lowest BCUT2D eigenvalue weighted by Gasteiger charge is -2.25. The molecule has 0 heterocycles. The second-order valence-electron chi connectivity index (χ2n) is 4.54. The molecule has 0 radical (unpaired) electrons. The summed E-state index contributed by atoms with van der Waals surface area (Å²) in [4.78, 5) is 11.7. The van der Waals surface area contributed by atoms with Crippen LogP contribution >= 0.6 is 0 Å². The quantitative estimate of drug-likeness (QED) is 0.569. The Kier molecular flexibility index (Phi) is 5.63. The number of hydrogen-bond donors (Lipinski definition) is 0. The molecule has 108 valence electrons. The lowest BCUT2D eigenvalue weighted by molar-refractivity contribution is -0.149. The monoisotopic (exact) mass is 276 g/mol. The number of carbonyl (C=O) groups is 1. The fourth-order valence-electron chi connectivity index (χ4n) is 2.41. The molecule has 0 amide bonds. The zero-order valence-corrected chi connectivity index (χ0v) is 11.1. The van der Waals surface area contributed by atoms with Crippen LogP contribution in [-0.4, -0.2) is 18.8 Å². The molecule has 0 bridgehead atoms. The van der Waals surface area contributed by atoms with Gasteiger partial charge in [-0.1, -0.05) is 18.1 Å². The van der Waals surface area contributed by atoms with Crippen molar-refractivity contribution in [2.24, 2.45) is 5.92 Å². The van der Waals surface area contributed by atoms with Gasteiger partial charge in [-0.2, -0.15) is 13.2 Å².